The van der Waals surface area contributed by atoms with Crippen LogP contribution in [0.1, 0.15) is 15.9 Å². The van der Waals surface area contributed by atoms with E-state index in [1.165, 1.54) is 18.2 Å². The second kappa shape index (κ2) is 5.39. The van der Waals surface area contributed by atoms with Crippen molar-refractivity contribution in [3.05, 3.63) is 59.4 Å². The standard InChI is InChI=1S/C14H11FO4/c15-11-5-10(14(17)18)6-13(7-11)19-8-9-2-1-3-12(16)4-9/h1-7,16H,8H2,(H,17,18). The Morgan fingerprint density at radius 2 is 2.00 bits per heavy atom. The molecule has 0 spiro atoms. The zero-order valence-electron chi connectivity index (χ0n) is 9.84. The van der Waals surface area contributed by atoms with Crippen LogP contribution in [0.15, 0.2) is 42.5 Å². The zero-order valence-corrected chi connectivity index (χ0v) is 9.84. The first kappa shape index (κ1) is 12.9. The SMILES string of the molecule is O=C(O)c1cc(F)cc(OCc2cccc(O)c2)c1. The fourth-order valence-corrected chi connectivity index (χ4v) is 1.58. The van der Waals surface area contributed by atoms with Crippen molar-refractivity contribution in [2.45, 2.75) is 6.61 Å². The van der Waals surface area contributed by atoms with Crippen molar-refractivity contribution < 1.29 is 24.1 Å². The minimum atomic E-state index is -1.22. The molecule has 0 radical (unpaired) electrons. The van der Waals surface area contributed by atoms with Gasteiger partial charge in [0.2, 0.25) is 0 Å². The molecule has 2 N–H and O–H groups in total. The Balaban J connectivity index is 2.13. The van der Waals surface area contributed by atoms with Crippen LogP contribution in [0.25, 0.3) is 0 Å². The summed E-state index contributed by atoms with van der Waals surface area (Å²) in [4.78, 5) is 10.8. The van der Waals surface area contributed by atoms with E-state index in [1.54, 1.807) is 12.1 Å². The number of hydrogen-bond donors (Lipinski definition) is 2. The lowest BCUT2D eigenvalue weighted by Gasteiger charge is -2.07. The van der Waals surface area contributed by atoms with Crippen LogP contribution in [-0.4, -0.2) is 16.2 Å². The van der Waals surface area contributed by atoms with Crippen molar-refractivity contribution in [2.24, 2.45) is 0 Å². The predicted molar refractivity (Wildman–Crippen MR) is 65.8 cm³/mol. The summed E-state index contributed by atoms with van der Waals surface area (Å²) in [6.45, 7) is 0.108. The van der Waals surface area contributed by atoms with Crippen molar-refractivity contribution in [1.82, 2.24) is 0 Å². The summed E-state index contributed by atoms with van der Waals surface area (Å²) in [5.41, 5.74) is 0.520. The van der Waals surface area contributed by atoms with Crippen LogP contribution in [0.2, 0.25) is 0 Å². The Labute approximate surface area is 108 Å². The molecule has 0 bridgehead atoms. The van der Waals surface area contributed by atoms with E-state index in [4.69, 9.17) is 9.84 Å². The van der Waals surface area contributed by atoms with Crippen LogP contribution in [0.5, 0.6) is 11.5 Å². The number of carboxylic acids is 1. The van der Waals surface area contributed by atoms with Crippen molar-refractivity contribution in [2.75, 3.05) is 0 Å². The topological polar surface area (TPSA) is 66.8 Å². The van der Waals surface area contributed by atoms with E-state index in [-0.39, 0.29) is 23.7 Å². The van der Waals surface area contributed by atoms with Crippen LogP contribution in [0, 0.1) is 5.82 Å². The molecule has 0 aliphatic rings. The number of halogens is 1. The quantitative estimate of drug-likeness (QED) is 0.889. The number of ether oxygens (including phenoxy) is 1. The van der Waals surface area contributed by atoms with Gasteiger partial charge in [0.1, 0.15) is 23.9 Å². The van der Waals surface area contributed by atoms with E-state index in [0.29, 0.717) is 5.56 Å². The molecule has 0 aliphatic heterocycles. The van der Waals surface area contributed by atoms with Crippen molar-refractivity contribution in [3.8, 4) is 11.5 Å². The first-order chi connectivity index (χ1) is 9.04. The van der Waals surface area contributed by atoms with Crippen molar-refractivity contribution >= 4 is 5.97 Å². The van der Waals surface area contributed by atoms with Gasteiger partial charge in [-0.1, -0.05) is 12.1 Å². The van der Waals surface area contributed by atoms with Gasteiger partial charge >= 0.3 is 5.97 Å². The summed E-state index contributed by atoms with van der Waals surface area (Å²) in [5.74, 6) is -1.67. The predicted octanol–water partition coefficient (Wildman–Crippen LogP) is 2.81. The largest absolute Gasteiger partial charge is 0.508 e. The highest BCUT2D eigenvalue weighted by Gasteiger charge is 2.08. The first-order valence-corrected chi connectivity index (χ1v) is 5.49. The Morgan fingerprint density at radius 1 is 1.21 bits per heavy atom. The van der Waals surface area contributed by atoms with Gasteiger partial charge in [-0.05, 0) is 29.8 Å². The molecule has 0 unspecified atom stereocenters. The molecule has 5 heteroatoms. The smallest absolute Gasteiger partial charge is 0.335 e. The highest BCUT2D eigenvalue weighted by Crippen LogP contribution is 2.19. The average Bonchev–Trinajstić information content (AvgIpc) is 2.36. The van der Waals surface area contributed by atoms with Gasteiger partial charge in [-0.25, -0.2) is 9.18 Å². The first-order valence-electron chi connectivity index (χ1n) is 5.49. The van der Waals surface area contributed by atoms with Crippen LogP contribution < -0.4 is 4.74 Å². The molecule has 0 saturated heterocycles. The molecular weight excluding hydrogens is 251 g/mol. The van der Waals surface area contributed by atoms with Crippen molar-refractivity contribution in [3.63, 3.8) is 0 Å². The minimum absolute atomic E-state index is 0.103. The molecule has 98 valence electrons. The van der Waals surface area contributed by atoms with Gasteiger partial charge < -0.3 is 14.9 Å². The maximum atomic E-state index is 13.2. The molecule has 0 atom stereocenters. The van der Waals surface area contributed by atoms with Crippen LogP contribution in [0.4, 0.5) is 4.39 Å². The average molecular weight is 262 g/mol. The minimum Gasteiger partial charge on any atom is -0.508 e. The molecule has 2 aromatic carbocycles. The van der Waals surface area contributed by atoms with Gasteiger partial charge in [0.05, 0.1) is 5.56 Å². The van der Waals surface area contributed by atoms with E-state index >= 15 is 0 Å². The fourth-order valence-electron chi connectivity index (χ4n) is 1.58. The maximum Gasteiger partial charge on any atom is 0.335 e. The summed E-state index contributed by atoms with van der Waals surface area (Å²) in [6.07, 6.45) is 0. The summed E-state index contributed by atoms with van der Waals surface area (Å²) in [5, 5.41) is 18.1. The lowest BCUT2D eigenvalue weighted by molar-refractivity contribution is 0.0695. The van der Waals surface area contributed by atoms with Gasteiger partial charge in [0.25, 0.3) is 0 Å². The van der Waals surface area contributed by atoms with Gasteiger partial charge in [0.15, 0.2) is 0 Å². The Kier molecular flexibility index (Phi) is 3.66. The van der Waals surface area contributed by atoms with Gasteiger partial charge in [-0.15, -0.1) is 0 Å². The number of hydrogen-bond acceptors (Lipinski definition) is 3. The molecule has 0 fully saturated rings. The number of carboxylic acid groups (broad SMARTS) is 1. The third kappa shape index (κ3) is 3.45. The molecule has 0 aliphatic carbocycles. The molecule has 0 amide bonds. The fraction of sp³-hybridized carbons (Fsp3) is 0.0714. The number of aromatic carboxylic acids is 1. The molecule has 0 saturated carbocycles. The number of aromatic hydroxyl groups is 1. The van der Waals surface area contributed by atoms with E-state index < -0.39 is 11.8 Å². The number of rotatable bonds is 4. The normalized spacial score (nSPS) is 10.2. The van der Waals surface area contributed by atoms with Crippen molar-refractivity contribution in [1.29, 1.82) is 0 Å². The van der Waals surface area contributed by atoms with E-state index in [2.05, 4.69) is 0 Å². The Bertz CT molecular complexity index is 610. The van der Waals surface area contributed by atoms with Gasteiger partial charge in [-0.3, -0.25) is 0 Å². The lowest BCUT2D eigenvalue weighted by Crippen LogP contribution is -2.00. The Hall–Kier alpha value is -2.56. The summed E-state index contributed by atoms with van der Waals surface area (Å²) < 4.78 is 18.5. The molecule has 4 nitrogen and oxygen atoms in total. The Morgan fingerprint density at radius 3 is 2.68 bits per heavy atom. The second-order valence-electron chi connectivity index (χ2n) is 3.94. The number of phenolic OH excluding ortho intramolecular Hbond substituents is 1. The molecule has 2 aromatic rings. The monoisotopic (exact) mass is 262 g/mol. The van der Waals surface area contributed by atoms with Gasteiger partial charge in [0, 0.05) is 6.07 Å². The zero-order chi connectivity index (χ0) is 13.8. The molecule has 0 aromatic heterocycles. The summed E-state index contributed by atoms with van der Waals surface area (Å²) in [6, 6.07) is 9.69. The summed E-state index contributed by atoms with van der Waals surface area (Å²) in [7, 11) is 0. The number of phenols is 1. The molecular formula is C14H11FO4. The highest BCUT2D eigenvalue weighted by molar-refractivity contribution is 5.88. The third-order valence-electron chi connectivity index (χ3n) is 2.43. The van der Waals surface area contributed by atoms with Crippen LogP contribution in [0.3, 0.4) is 0 Å². The lowest BCUT2D eigenvalue weighted by atomic mass is 10.2. The third-order valence-corrected chi connectivity index (χ3v) is 2.43. The molecule has 0 heterocycles. The maximum absolute atomic E-state index is 13.2. The number of carbonyl (C=O) groups is 1. The number of benzene rings is 2. The molecule has 2 rings (SSSR count). The second-order valence-corrected chi connectivity index (χ2v) is 3.94. The van der Waals surface area contributed by atoms with E-state index in [0.717, 1.165) is 12.1 Å². The van der Waals surface area contributed by atoms with E-state index in [1.807, 2.05) is 0 Å². The van der Waals surface area contributed by atoms with E-state index in [9.17, 15) is 14.3 Å². The molecule has 19 heavy (non-hydrogen) atoms. The van der Waals surface area contributed by atoms with Crippen LogP contribution >= 0.6 is 0 Å². The highest BCUT2D eigenvalue weighted by atomic mass is 19.1. The summed E-state index contributed by atoms with van der Waals surface area (Å²) >= 11 is 0. The van der Waals surface area contributed by atoms with Crippen LogP contribution in [-0.2, 0) is 6.61 Å². The van der Waals surface area contributed by atoms with Gasteiger partial charge in [-0.2, -0.15) is 0 Å².